The third-order valence-corrected chi connectivity index (χ3v) is 3.01. The van der Waals surface area contributed by atoms with Crippen LogP contribution in [0.15, 0.2) is 12.1 Å². The Balaban J connectivity index is 2.03. The number of rotatable bonds is 5. The molecule has 0 aliphatic heterocycles. The van der Waals surface area contributed by atoms with E-state index in [9.17, 15) is 9.59 Å². The molecule has 6 heteroatoms. The zero-order chi connectivity index (χ0) is 14.0. The smallest absolute Gasteiger partial charge is 0.337 e. The Kier molecular flexibility index (Phi) is 3.59. The van der Waals surface area contributed by atoms with Gasteiger partial charge in [-0.05, 0) is 37.5 Å². The third-order valence-electron chi connectivity index (χ3n) is 3.01. The molecule has 2 rings (SSSR count). The molecule has 0 radical (unpaired) electrons. The van der Waals surface area contributed by atoms with Gasteiger partial charge in [-0.1, -0.05) is 0 Å². The summed E-state index contributed by atoms with van der Waals surface area (Å²) < 4.78 is 0. The fourth-order valence-corrected chi connectivity index (χ4v) is 1.77. The number of amides is 1. The van der Waals surface area contributed by atoms with Crippen molar-refractivity contribution in [3.05, 3.63) is 23.3 Å². The average molecular weight is 263 g/mol. The highest BCUT2D eigenvalue weighted by atomic mass is 16.4. The molecular weight excluding hydrogens is 246 g/mol. The first-order chi connectivity index (χ1) is 8.97. The van der Waals surface area contributed by atoms with Crippen LogP contribution in [-0.2, 0) is 4.79 Å². The quantitative estimate of drug-likeness (QED) is 0.592. The number of hydrogen-bond donors (Lipinski definition) is 4. The third kappa shape index (κ3) is 3.37. The largest absolute Gasteiger partial charge is 0.478 e. The predicted molar refractivity (Wildman–Crippen MR) is 72.2 cm³/mol. The van der Waals surface area contributed by atoms with E-state index >= 15 is 0 Å². The summed E-state index contributed by atoms with van der Waals surface area (Å²) in [6, 6.07) is 3.48. The van der Waals surface area contributed by atoms with Gasteiger partial charge < -0.3 is 21.5 Å². The molecule has 1 amide bonds. The van der Waals surface area contributed by atoms with Crippen molar-refractivity contribution >= 4 is 23.3 Å². The predicted octanol–water partition coefficient (Wildman–Crippen LogP) is 0.966. The van der Waals surface area contributed by atoms with Crippen LogP contribution in [0.4, 0.5) is 11.4 Å². The molecule has 6 nitrogen and oxygen atoms in total. The maximum atomic E-state index is 11.5. The van der Waals surface area contributed by atoms with Crippen molar-refractivity contribution in [1.82, 2.24) is 5.32 Å². The number of nitrogens with one attached hydrogen (secondary N) is 2. The summed E-state index contributed by atoms with van der Waals surface area (Å²) in [5, 5.41) is 14.8. The second kappa shape index (κ2) is 5.17. The summed E-state index contributed by atoms with van der Waals surface area (Å²) in [6.07, 6.45) is 2.08. The molecule has 1 saturated carbocycles. The molecular formula is C13H17N3O3. The minimum absolute atomic E-state index is 0.0464. The number of nitrogens with two attached hydrogens (primary N) is 1. The molecule has 19 heavy (non-hydrogen) atoms. The van der Waals surface area contributed by atoms with Crippen LogP contribution in [0.2, 0.25) is 0 Å². The van der Waals surface area contributed by atoms with Gasteiger partial charge in [0.05, 0.1) is 12.1 Å². The van der Waals surface area contributed by atoms with Gasteiger partial charge in [0, 0.05) is 17.4 Å². The van der Waals surface area contributed by atoms with Crippen molar-refractivity contribution < 1.29 is 14.7 Å². The summed E-state index contributed by atoms with van der Waals surface area (Å²) in [5.41, 5.74) is 7.24. The molecule has 0 bridgehead atoms. The minimum atomic E-state index is -1.08. The van der Waals surface area contributed by atoms with E-state index in [2.05, 4.69) is 10.6 Å². The number of benzene rings is 1. The number of carboxylic acid groups (broad SMARTS) is 1. The molecule has 102 valence electrons. The van der Waals surface area contributed by atoms with E-state index < -0.39 is 5.97 Å². The van der Waals surface area contributed by atoms with E-state index in [0.29, 0.717) is 17.3 Å². The van der Waals surface area contributed by atoms with E-state index in [-0.39, 0.29) is 23.7 Å². The summed E-state index contributed by atoms with van der Waals surface area (Å²) in [4.78, 5) is 22.6. The maximum Gasteiger partial charge on any atom is 0.337 e. The number of aryl methyl sites for hydroxylation is 1. The fourth-order valence-electron chi connectivity index (χ4n) is 1.77. The molecule has 0 saturated heterocycles. The minimum Gasteiger partial charge on any atom is -0.478 e. The Morgan fingerprint density at radius 2 is 2.11 bits per heavy atom. The Labute approximate surface area is 111 Å². The molecule has 0 aromatic heterocycles. The van der Waals surface area contributed by atoms with E-state index in [1.54, 1.807) is 13.0 Å². The van der Waals surface area contributed by atoms with Gasteiger partial charge in [0.15, 0.2) is 0 Å². The Bertz CT molecular complexity index is 524. The number of carbonyl (C=O) groups is 2. The maximum absolute atomic E-state index is 11.5. The fraction of sp³-hybridized carbons (Fsp3) is 0.385. The van der Waals surface area contributed by atoms with Gasteiger partial charge in [-0.2, -0.15) is 0 Å². The zero-order valence-corrected chi connectivity index (χ0v) is 10.7. The normalized spacial score (nSPS) is 13.9. The molecule has 0 spiro atoms. The Morgan fingerprint density at radius 3 is 2.68 bits per heavy atom. The highest BCUT2D eigenvalue weighted by molar-refractivity contribution is 5.96. The lowest BCUT2D eigenvalue weighted by Gasteiger charge is -2.11. The number of carbonyl (C=O) groups excluding carboxylic acids is 1. The molecule has 0 heterocycles. The van der Waals surface area contributed by atoms with Crippen molar-refractivity contribution in [3.63, 3.8) is 0 Å². The summed E-state index contributed by atoms with van der Waals surface area (Å²) in [6.45, 7) is 1.86. The number of aromatic carboxylic acids is 1. The van der Waals surface area contributed by atoms with Crippen LogP contribution in [0, 0.1) is 6.92 Å². The highest BCUT2D eigenvalue weighted by Gasteiger charge is 2.22. The van der Waals surface area contributed by atoms with E-state index in [4.69, 9.17) is 10.8 Å². The van der Waals surface area contributed by atoms with Gasteiger partial charge in [0.1, 0.15) is 0 Å². The summed E-state index contributed by atoms with van der Waals surface area (Å²) in [7, 11) is 0. The monoisotopic (exact) mass is 263 g/mol. The van der Waals surface area contributed by atoms with Crippen LogP contribution in [-0.4, -0.2) is 29.6 Å². The number of anilines is 2. The lowest BCUT2D eigenvalue weighted by atomic mass is 10.1. The molecule has 1 aliphatic carbocycles. The highest BCUT2D eigenvalue weighted by Crippen LogP contribution is 2.23. The SMILES string of the molecule is Cc1cc(NCC(=O)NC2CC2)cc(C(=O)O)c1N. The summed E-state index contributed by atoms with van der Waals surface area (Å²) in [5.74, 6) is -1.17. The van der Waals surface area contributed by atoms with Crippen LogP contribution in [0.1, 0.15) is 28.8 Å². The van der Waals surface area contributed by atoms with Gasteiger partial charge in [0.25, 0.3) is 0 Å². The first kappa shape index (κ1) is 13.2. The lowest BCUT2D eigenvalue weighted by molar-refractivity contribution is -0.119. The second-order valence-electron chi connectivity index (χ2n) is 4.75. The van der Waals surface area contributed by atoms with E-state index in [1.807, 2.05) is 0 Å². The van der Waals surface area contributed by atoms with Crippen LogP contribution in [0.5, 0.6) is 0 Å². The first-order valence-corrected chi connectivity index (χ1v) is 6.14. The van der Waals surface area contributed by atoms with Crippen LogP contribution >= 0.6 is 0 Å². The van der Waals surface area contributed by atoms with Crippen LogP contribution in [0.3, 0.4) is 0 Å². The van der Waals surface area contributed by atoms with Gasteiger partial charge >= 0.3 is 5.97 Å². The van der Waals surface area contributed by atoms with Gasteiger partial charge in [-0.15, -0.1) is 0 Å². The van der Waals surface area contributed by atoms with Crippen molar-refractivity contribution in [2.45, 2.75) is 25.8 Å². The lowest BCUT2D eigenvalue weighted by Crippen LogP contribution is -2.31. The molecule has 5 N–H and O–H groups in total. The van der Waals surface area contributed by atoms with Crippen molar-refractivity contribution in [3.8, 4) is 0 Å². The molecule has 0 unspecified atom stereocenters. The van der Waals surface area contributed by atoms with E-state index in [1.165, 1.54) is 6.07 Å². The topological polar surface area (TPSA) is 104 Å². The molecule has 0 atom stereocenters. The van der Waals surface area contributed by atoms with Crippen molar-refractivity contribution in [2.75, 3.05) is 17.6 Å². The van der Waals surface area contributed by atoms with E-state index in [0.717, 1.165) is 12.8 Å². The van der Waals surface area contributed by atoms with Gasteiger partial charge in [-0.25, -0.2) is 4.79 Å². The first-order valence-electron chi connectivity index (χ1n) is 6.14. The molecule has 1 aromatic carbocycles. The Morgan fingerprint density at radius 1 is 1.42 bits per heavy atom. The summed E-state index contributed by atoms with van der Waals surface area (Å²) >= 11 is 0. The molecule has 1 aliphatic rings. The number of nitrogen functional groups attached to an aromatic ring is 1. The zero-order valence-electron chi connectivity index (χ0n) is 10.7. The van der Waals surface area contributed by atoms with Crippen molar-refractivity contribution in [2.24, 2.45) is 0 Å². The number of hydrogen-bond acceptors (Lipinski definition) is 4. The average Bonchev–Trinajstić information content (AvgIpc) is 3.14. The van der Waals surface area contributed by atoms with Crippen LogP contribution in [0.25, 0.3) is 0 Å². The number of carboxylic acids is 1. The standard InChI is InChI=1S/C13H17N3O3/c1-7-4-9(5-10(12(7)14)13(18)19)15-6-11(17)16-8-2-3-8/h4-5,8,15H,2-3,6,14H2,1H3,(H,16,17)(H,18,19). The van der Waals surface area contributed by atoms with Gasteiger partial charge in [-0.3, -0.25) is 4.79 Å². The second-order valence-corrected chi connectivity index (χ2v) is 4.75. The molecule has 1 aromatic rings. The van der Waals surface area contributed by atoms with Crippen molar-refractivity contribution in [1.29, 1.82) is 0 Å². The van der Waals surface area contributed by atoms with Gasteiger partial charge in [0.2, 0.25) is 5.91 Å². The Hall–Kier alpha value is -2.24. The van der Waals surface area contributed by atoms with Crippen LogP contribution < -0.4 is 16.4 Å². The molecule has 1 fully saturated rings.